The van der Waals surface area contributed by atoms with Gasteiger partial charge in [0.15, 0.2) is 0 Å². The van der Waals surface area contributed by atoms with Gasteiger partial charge in [-0.05, 0) is 44.4 Å². The van der Waals surface area contributed by atoms with E-state index in [-0.39, 0.29) is 24.7 Å². The van der Waals surface area contributed by atoms with E-state index in [1.54, 1.807) is 26.0 Å². The molecule has 2 N–H and O–H groups in total. The number of aliphatic hydroxyl groups excluding tert-OH is 1. The molecule has 7 nitrogen and oxygen atoms in total. The summed E-state index contributed by atoms with van der Waals surface area (Å²) < 4.78 is 25.2. The first kappa shape index (κ1) is 21.8. The fraction of sp³-hybridized carbons (Fsp3) is 0.632. The quantitative estimate of drug-likeness (QED) is 0.705. The van der Waals surface area contributed by atoms with Crippen molar-refractivity contribution in [2.45, 2.75) is 38.4 Å². The number of likely N-dealkylation sites (tertiary alicyclic amines) is 1. The van der Waals surface area contributed by atoms with Crippen LogP contribution in [0.5, 0.6) is 0 Å². The van der Waals surface area contributed by atoms with Gasteiger partial charge in [-0.15, -0.1) is 0 Å². The first-order valence-corrected chi connectivity index (χ1v) is 10.7. The van der Waals surface area contributed by atoms with E-state index < -0.39 is 27.6 Å². The van der Waals surface area contributed by atoms with Gasteiger partial charge in [-0.25, -0.2) is 12.7 Å². The van der Waals surface area contributed by atoms with Gasteiger partial charge in [0.1, 0.15) is 0 Å². The molecule has 0 spiro atoms. The lowest BCUT2D eigenvalue weighted by molar-refractivity contribution is 0.0712. The van der Waals surface area contributed by atoms with Crippen LogP contribution >= 0.6 is 0 Å². The van der Waals surface area contributed by atoms with E-state index in [2.05, 4.69) is 0 Å². The minimum Gasteiger partial charge on any atom is -0.391 e. The molecule has 0 bridgehead atoms. The average Bonchev–Trinajstić information content (AvgIpc) is 2.92. The summed E-state index contributed by atoms with van der Waals surface area (Å²) in [6.45, 7) is 3.87. The maximum atomic E-state index is 12.7. The molecule has 1 fully saturated rings. The predicted octanol–water partition coefficient (Wildman–Crippen LogP) is 0.714. The third-order valence-corrected chi connectivity index (χ3v) is 6.86. The lowest BCUT2D eigenvalue weighted by Crippen LogP contribution is -2.33. The molecule has 0 radical (unpaired) electrons. The number of carbonyl (C=O) groups excluding carboxylic acids is 1. The first-order valence-electron chi connectivity index (χ1n) is 9.08. The molecule has 1 heterocycles. The Kier molecular flexibility index (Phi) is 6.68. The monoisotopic (exact) mass is 398 g/mol. The van der Waals surface area contributed by atoms with Gasteiger partial charge >= 0.3 is 0 Å². The second-order valence-corrected chi connectivity index (χ2v) is 10.3. The number of sulfonamides is 1. The smallest absolute Gasteiger partial charge is 0.253 e. The van der Waals surface area contributed by atoms with Crippen LogP contribution in [0.25, 0.3) is 0 Å². The van der Waals surface area contributed by atoms with E-state index in [1.807, 2.05) is 12.1 Å². The number of hydrogen-bond acceptors (Lipinski definition) is 5. The minimum atomic E-state index is -3.44. The molecule has 8 heteroatoms. The first-order chi connectivity index (χ1) is 12.4. The van der Waals surface area contributed by atoms with Gasteiger partial charge in [0.2, 0.25) is 10.0 Å². The van der Waals surface area contributed by atoms with Gasteiger partial charge in [0.25, 0.3) is 5.91 Å². The van der Waals surface area contributed by atoms with E-state index in [0.717, 1.165) is 9.87 Å². The molecule has 27 heavy (non-hydrogen) atoms. The standard InChI is InChI=1S/C19H30N2O5S/c1-19(2,24)10-9-14-5-7-15(8-6-14)18(23)21-11-16(17(22)12-21)13-27(25,26)20(3)4/h5-8,16-17,22,24H,9-13H2,1-4H3/t16-,17+/m0/s1. The van der Waals surface area contributed by atoms with Crippen molar-refractivity contribution in [2.75, 3.05) is 32.9 Å². The molecular formula is C19H30N2O5S. The van der Waals surface area contributed by atoms with Gasteiger partial charge in [-0.2, -0.15) is 0 Å². The molecule has 152 valence electrons. The molecule has 1 aromatic carbocycles. The highest BCUT2D eigenvalue weighted by Crippen LogP contribution is 2.22. The zero-order chi connectivity index (χ0) is 20.4. The van der Waals surface area contributed by atoms with Crippen molar-refractivity contribution in [2.24, 2.45) is 5.92 Å². The Hall–Kier alpha value is -1.48. The van der Waals surface area contributed by atoms with Crippen molar-refractivity contribution in [1.82, 2.24) is 9.21 Å². The SMILES string of the molecule is CN(C)S(=O)(=O)C[C@@H]1CN(C(=O)c2ccc(CCC(C)(C)O)cc2)C[C@H]1O. The Labute approximate surface area is 161 Å². The van der Waals surface area contributed by atoms with Crippen molar-refractivity contribution in [1.29, 1.82) is 0 Å². The van der Waals surface area contributed by atoms with E-state index in [1.165, 1.54) is 19.0 Å². The molecule has 0 aliphatic carbocycles. The summed E-state index contributed by atoms with van der Waals surface area (Å²) in [7, 11) is -0.523. The van der Waals surface area contributed by atoms with Gasteiger partial charge < -0.3 is 15.1 Å². The Morgan fingerprint density at radius 2 is 1.81 bits per heavy atom. The van der Waals surface area contributed by atoms with Gasteiger partial charge in [0, 0.05) is 38.7 Å². The summed E-state index contributed by atoms with van der Waals surface area (Å²) in [5.41, 5.74) is 0.803. The van der Waals surface area contributed by atoms with Crippen LogP contribution < -0.4 is 0 Å². The molecule has 2 rings (SSSR count). The van der Waals surface area contributed by atoms with Crippen molar-refractivity contribution in [3.63, 3.8) is 0 Å². The number of aliphatic hydroxyl groups is 2. The van der Waals surface area contributed by atoms with E-state index >= 15 is 0 Å². The summed E-state index contributed by atoms with van der Waals surface area (Å²) in [6.07, 6.45) is 0.487. The van der Waals surface area contributed by atoms with Gasteiger partial charge in [-0.3, -0.25) is 4.79 Å². The zero-order valence-corrected chi connectivity index (χ0v) is 17.2. The number of nitrogens with zero attached hydrogens (tertiary/aromatic N) is 2. The second-order valence-electron chi connectivity index (χ2n) is 8.11. The maximum Gasteiger partial charge on any atom is 0.253 e. The average molecular weight is 399 g/mol. The molecule has 0 unspecified atom stereocenters. The molecule has 2 atom stereocenters. The number of rotatable bonds is 7. The summed E-state index contributed by atoms with van der Waals surface area (Å²) in [6, 6.07) is 7.19. The molecule has 1 aliphatic heterocycles. The molecule has 0 aromatic heterocycles. The number of β-amino-alcohol motifs (C(OH)–C–C–N with tert-alkyl or cyclic N) is 1. The summed E-state index contributed by atoms with van der Waals surface area (Å²) in [4.78, 5) is 14.2. The minimum absolute atomic E-state index is 0.132. The van der Waals surface area contributed by atoms with Crippen molar-refractivity contribution >= 4 is 15.9 Å². The lowest BCUT2D eigenvalue weighted by Gasteiger charge is -2.18. The van der Waals surface area contributed by atoms with Crippen molar-refractivity contribution in [3.8, 4) is 0 Å². The fourth-order valence-electron chi connectivity index (χ4n) is 3.05. The highest BCUT2D eigenvalue weighted by Gasteiger charge is 2.37. The Bertz CT molecular complexity index is 753. The highest BCUT2D eigenvalue weighted by molar-refractivity contribution is 7.89. The molecule has 0 saturated carbocycles. The lowest BCUT2D eigenvalue weighted by atomic mass is 9.98. The van der Waals surface area contributed by atoms with E-state index in [4.69, 9.17) is 0 Å². The second kappa shape index (κ2) is 8.26. The van der Waals surface area contributed by atoms with Gasteiger partial charge in [-0.1, -0.05) is 12.1 Å². The van der Waals surface area contributed by atoms with Crippen LogP contribution in [0, 0.1) is 5.92 Å². The Morgan fingerprint density at radius 3 is 2.33 bits per heavy atom. The van der Waals surface area contributed by atoms with Crippen LogP contribution in [0.3, 0.4) is 0 Å². The fourth-order valence-corrected chi connectivity index (χ4v) is 4.22. The number of hydrogen-bond donors (Lipinski definition) is 2. The van der Waals surface area contributed by atoms with E-state index in [0.29, 0.717) is 18.4 Å². The van der Waals surface area contributed by atoms with Crippen LogP contribution in [-0.4, -0.2) is 78.4 Å². The highest BCUT2D eigenvalue weighted by atomic mass is 32.2. The summed E-state index contributed by atoms with van der Waals surface area (Å²) in [5, 5.41) is 20.0. The maximum absolute atomic E-state index is 12.7. The van der Waals surface area contributed by atoms with Crippen LogP contribution in [-0.2, 0) is 16.4 Å². The molecule has 1 aromatic rings. The van der Waals surface area contributed by atoms with Crippen LogP contribution in [0.2, 0.25) is 0 Å². The number of aryl methyl sites for hydroxylation is 1. The van der Waals surface area contributed by atoms with Crippen LogP contribution in [0.15, 0.2) is 24.3 Å². The molecule has 1 aliphatic rings. The number of amides is 1. The third kappa shape index (κ3) is 6.00. The molecule has 1 saturated heterocycles. The van der Waals surface area contributed by atoms with E-state index in [9.17, 15) is 23.4 Å². The van der Waals surface area contributed by atoms with Crippen LogP contribution in [0.4, 0.5) is 0 Å². The van der Waals surface area contributed by atoms with Crippen molar-refractivity contribution < 1.29 is 23.4 Å². The van der Waals surface area contributed by atoms with Crippen molar-refractivity contribution in [3.05, 3.63) is 35.4 Å². The molecule has 1 amide bonds. The summed E-state index contributed by atoms with van der Waals surface area (Å²) in [5.74, 6) is -0.888. The van der Waals surface area contributed by atoms with Gasteiger partial charge in [0.05, 0.1) is 17.5 Å². The van der Waals surface area contributed by atoms with Crippen LogP contribution in [0.1, 0.15) is 36.2 Å². The predicted molar refractivity (Wildman–Crippen MR) is 104 cm³/mol. The topological polar surface area (TPSA) is 98.2 Å². The summed E-state index contributed by atoms with van der Waals surface area (Å²) >= 11 is 0. The zero-order valence-electron chi connectivity index (χ0n) is 16.4. The normalized spacial score (nSPS) is 21.1. The Morgan fingerprint density at radius 1 is 1.22 bits per heavy atom. The largest absolute Gasteiger partial charge is 0.391 e. The third-order valence-electron chi connectivity index (χ3n) is 4.90. The molecular weight excluding hydrogens is 368 g/mol. The number of carbonyl (C=O) groups is 1. The Balaban J connectivity index is 2.00. The number of benzene rings is 1.